The Morgan fingerprint density at radius 1 is 0.714 bits per heavy atom. The van der Waals surface area contributed by atoms with Gasteiger partial charge in [-0.1, -0.05) is 0 Å². The molecule has 14 heavy (non-hydrogen) atoms. The zero-order valence-electron chi connectivity index (χ0n) is 8.11. The summed E-state index contributed by atoms with van der Waals surface area (Å²) in [7, 11) is -11.4. The van der Waals surface area contributed by atoms with Gasteiger partial charge in [-0.25, -0.2) is 0 Å². The van der Waals surface area contributed by atoms with Crippen molar-refractivity contribution in [2.24, 2.45) is 0 Å². The third-order valence-electron chi connectivity index (χ3n) is 0.200. The van der Waals surface area contributed by atoms with Crippen LogP contribution < -0.4 is 138 Å². The summed E-state index contributed by atoms with van der Waals surface area (Å²) in [5.41, 5.74) is 0. The number of phosphoric acid groups is 2. The molecule has 0 aromatic heterocycles. The fraction of sp³-hybridized carbons (Fsp3) is 0. The Labute approximate surface area is 180 Å². The zero-order valence-corrected chi connectivity index (χ0v) is 19.0. The summed E-state index contributed by atoms with van der Waals surface area (Å²) in [4.78, 5) is 37.3. The van der Waals surface area contributed by atoms with Gasteiger partial charge in [0.2, 0.25) is 0 Å². The molecule has 0 radical (unpaired) electrons. The maximum absolute atomic E-state index is 9.32. The molecule has 0 saturated carbocycles. The Bertz CT molecular complexity index is 164. The molecule has 0 rings (SSSR count). The largest absolute Gasteiger partial charge is 1.00 e. The summed E-state index contributed by atoms with van der Waals surface area (Å²) in [6, 6.07) is 0. The first-order valence-electron chi connectivity index (χ1n) is 1.46. The Hall–Kier alpha value is 4.78. The van der Waals surface area contributed by atoms with Crippen LogP contribution in [0.5, 0.6) is 0 Å². The van der Waals surface area contributed by atoms with Crippen molar-refractivity contribution in [1.82, 2.24) is 0 Å². The van der Waals surface area contributed by atoms with Crippen molar-refractivity contribution >= 4 is 15.6 Å². The molecular weight excluding hydrogens is 322 g/mol. The summed E-state index contributed by atoms with van der Waals surface area (Å²) in [5.74, 6) is 0. The Balaban J connectivity index is -0.0000000320. The van der Waals surface area contributed by atoms with Crippen molar-refractivity contribution in [3.63, 3.8) is 0 Å². The minimum atomic E-state index is -5.68. The minimum absolute atomic E-state index is 0. The average Bonchev–Trinajstić information content (AvgIpc) is 1.14. The molecule has 0 bridgehead atoms. The second-order valence-electron chi connectivity index (χ2n) is 0.976. The van der Waals surface area contributed by atoms with E-state index in [1.54, 1.807) is 0 Å². The van der Waals surface area contributed by atoms with Gasteiger partial charge in [-0.3, -0.25) is 0 Å². The smallest absolute Gasteiger partial charge is 0.790 e. The van der Waals surface area contributed by atoms with E-state index in [0.717, 1.165) is 0 Å². The van der Waals surface area contributed by atoms with Gasteiger partial charge in [-0.15, -0.1) is 0 Å². The zero-order chi connectivity index (χ0) is 7.71. The molecule has 7 nitrogen and oxygen atoms in total. The third-order valence-corrected chi connectivity index (χ3v) is 1.80. The van der Waals surface area contributed by atoms with E-state index in [1.165, 1.54) is 0 Å². The van der Waals surface area contributed by atoms with Gasteiger partial charge in [0, 0.05) is 17.1 Å². The van der Waals surface area contributed by atoms with Gasteiger partial charge in [-0.2, -0.15) is 0 Å². The predicted molar refractivity (Wildman–Crippen MR) is 16.3 cm³/mol. The van der Waals surface area contributed by atoms with Crippen molar-refractivity contribution in [2.45, 2.75) is 0 Å². The molecule has 0 saturated heterocycles. The first-order chi connectivity index (χ1) is 3.71. The van der Waals surface area contributed by atoms with Gasteiger partial charge in [-0.05, 0) is 0 Å². The van der Waals surface area contributed by atoms with Gasteiger partial charge < -0.3 is 33.0 Å². The van der Waals surface area contributed by atoms with E-state index in [1.807, 2.05) is 0 Å². The van der Waals surface area contributed by atoms with Gasteiger partial charge >= 0.3 is 118 Å². The molecule has 0 atom stereocenters. The second kappa shape index (κ2) is 15.8. The molecule has 0 aliphatic heterocycles. The van der Waals surface area contributed by atoms with Crippen molar-refractivity contribution in [3.8, 4) is 0 Å². The molecule has 14 heteroatoms. The molecule has 64 valence electrons. The maximum atomic E-state index is 9.32. The summed E-state index contributed by atoms with van der Waals surface area (Å²) >= 11 is 0. The van der Waals surface area contributed by atoms with Crippen LogP contribution in [0, 0.1) is 0 Å². The number of hydrogen-bond donors (Lipinski definition) is 0. The molecule has 0 unspecified atom stereocenters. The van der Waals surface area contributed by atoms with Crippen LogP contribution in [0.4, 0.5) is 0 Å². The summed E-state index contributed by atoms with van der Waals surface area (Å²) in [6.07, 6.45) is 0. The molecular formula is FeNa4O7P2. The van der Waals surface area contributed by atoms with Crippen LogP contribution >= 0.6 is 15.6 Å². The Morgan fingerprint density at radius 2 is 0.857 bits per heavy atom. The van der Waals surface area contributed by atoms with E-state index < -0.39 is 15.6 Å². The normalized spacial score (nSPS) is 8.86. The van der Waals surface area contributed by atoms with Crippen molar-refractivity contribution < 1.29 is 168 Å². The van der Waals surface area contributed by atoms with Crippen LogP contribution in [0.2, 0.25) is 0 Å². The van der Waals surface area contributed by atoms with Crippen molar-refractivity contribution in [1.29, 1.82) is 0 Å². The molecule has 0 aliphatic carbocycles. The van der Waals surface area contributed by atoms with Crippen molar-refractivity contribution in [2.75, 3.05) is 0 Å². The minimum Gasteiger partial charge on any atom is -0.790 e. The monoisotopic (exact) mass is 322 g/mol. The van der Waals surface area contributed by atoms with Crippen LogP contribution in [0.15, 0.2) is 0 Å². The van der Waals surface area contributed by atoms with E-state index >= 15 is 0 Å². The maximum Gasteiger partial charge on any atom is 1.00 e. The van der Waals surface area contributed by atoms with Gasteiger partial charge in [0.25, 0.3) is 0 Å². The summed E-state index contributed by atoms with van der Waals surface area (Å²) in [5, 5.41) is 0. The topological polar surface area (TPSA) is 136 Å². The summed E-state index contributed by atoms with van der Waals surface area (Å²) < 4.78 is 21.2. The van der Waals surface area contributed by atoms with Crippen LogP contribution in [-0.2, 0) is 30.5 Å². The van der Waals surface area contributed by atoms with E-state index in [2.05, 4.69) is 4.31 Å². The molecule has 0 fully saturated rings. The predicted octanol–water partition coefficient (Wildman–Crippen LogP) is -15.3. The average molecular weight is 322 g/mol. The van der Waals surface area contributed by atoms with E-state index in [9.17, 15) is 28.7 Å². The standard InChI is InChI=1S/Fe.4Na.H4O7P2/c;;;;;1-8(2,3)7-9(4,5)6/h;;;;;(H2,1,2,3)(H2,4,5,6)/q;4*+1;/p-4. The quantitative estimate of drug-likeness (QED) is 0.364. The van der Waals surface area contributed by atoms with E-state index in [4.69, 9.17) is 0 Å². The van der Waals surface area contributed by atoms with Crippen LogP contribution in [-0.4, -0.2) is 0 Å². The van der Waals surface area contributed by atoms with Gasteiger partial charge in [0.05, 0.1) is 15.6 Å². The van der Waals surface area contributed by atoms with Crippen LogP contribution in [0.3, 0.4) is 0 Å². The Kier molecular flexibility index (Phi) is 41.1. The molecule has 0 heterocycles. The number of rotatable bonds is 2. The molecule has 0 aromatic rings. The van der Waals surface area contributed by atoms with Gasteiger partial charge in [0.15, 0.2) is 0 Å². The first-order valence-corrected chi connectivity index (χ1v) is 4.38. The molecule has 0 N–H and O–H groups in total. The molecule has 0 aliphatic rings. The van der Waals surface area contributed by atoms with Crippen molar-refractivity contribution in [3.05, 3.63) is 0 Å². The van der Waals surface area contributed by atoms with Crippen LogP contribution in [0.25, 0.3) is 0 Å². The van der Waals surface area contributed by atoms with Crippen LogP contribution in [0.1, 0.15) is 0 Å². The van der Waals surface area contributed by atoms with E-state index in [0.29, 0.717) is 0 Å². The Morgan fingerprint density at radius 3 is 0.857 bits per heavy atom. The molecule has 0 spiro atoms. The first kappa shape index (κ1) is 36.3. The number of hydrogen-bond acceptors (Lipinski definition) is 7. The third kappa shape index (κ3) is 36.0. The fourth-order valence-electron chi connectivity index (χ4n) is 0.122. The van der Waals surface area contributed by atoms with Gasteiger partial charge in [0.1, 0.15) is 0 Å². The summed E-state index contributed by atoms with van der Waals surface area (Å²) in [6.45, 7) is 0. The fourth-order valence-corrected chi connectivity index (χ4v) is 1.10. The molecule has 0 aromatic carbocycles. The SMILES string of the molecule is O=P([O-])([O-])OP(=O)([O-])[O-].[Fe].[Na+].[Na+].[Na+].[Na+]. The second-order valence-corrected chi connectivity index (χ2v) is 3.42. The molecule has 0 amide bonds. The van der Waals surface area contributed by atoms with E-state index in [-0.39, 0.29) is 135 Å².